The van der Waals surface area contributed by atoms with Gasteiger partial charge in [-0.3, -0.25) is 9.36 Å². The number of para-hydroxylation sites is 1. The SMILES string of the molecule is Cc1nc(-c2cnc(N)nc2NC(c2nc3cccc(Cl)c3c(=O)n2-c2ccccc2)C(C)C)sc1C. The van der Waals surface area contributed by atoms with Crippen LogP contribution in [0.4, 0.5) is 11.8 Å². The van der Waals surface area contributed by atoms with Gasteiger partial charge in [0.1, 0.15) is 16.6 Å². The highest BCUT2D eigenvalue weighted by atomic mass is 35.5. The zero-order valence-electron chi connectivity index (χ0n) is 20.9. The van der Waals surface area contributed by atoms with E-state index >= 15 is 0 Å². The number of anilines is 2. The lowest BCUT2D eigenvalue weighted by atomic mass is 10.0. The van der Waals surface area contributed by atoms with Gasteiger partial charge >= 0.3 is 0 Å². The van der Waals surface area contributed by atoms with Crippen LogP contribution in [0, 0.1) is 19.8 Å². The standard InChI is InChI=1S/C27H26ClN7OS/c1-14(2)22(33-23-18(13-30-27(29)34-23)25-31-15(3)16(4)37-25)24-32-20-12-8-11-19(28)21(20)26(36)35(24)17-9-6-5-7-10-17/h5-14,22H,1-4H3,(H3,29,30,33,34). The van der Waals surface area contributed by atoms with Crippen molar-refractivity contribution in [1.82, 2.24) is 24.5 Å². The zero-order valence-corrected chi connectivity index (χ0v) is 22.4. The van der Waals surface area contributed by atoms with Gasteiger partial charge in [-0.2, -0.15) is 4.98 Å². The van der Waals surface area contributed by atoms with Crippen LogP contribution in [-0.2, 0) is 0 Å². The van der Waals surface area contributed by atoms with Gasteiger partial charge in [0.2, 0.25) is 5.95 Å². The summed E-state index contributed by atoms with van der Waals surface area (Å²) < 4.78 is 1.62. The van der Waals surface area contributed by atoms with E-state index in [9.17, 15) is 4.79 Å². The Morgan fingerprint density at radius 3 is 2.46 bits per heavy atom. The lowest BCUT2D eigenvalue weighted by Crippen LogP contribution is -2.31. The molecule has 5 aromatic rings. The largest absolute Gasteiger partial charge is 0.368 e. The minimum atomic E-state index is -0.411. The van der Waals surface area contributed by atoms with Crippen LogP contribution in [0.2, 0.25) is 5.02 Å². The number of aromatic nitrogens is 5. The molecule has 2 aromatic carbocycles. The molecule has 0 saturated carbocycles. The predicted molar refractivity (Wildman–Crippen MR) is 151 cm³/mol. The second kappa shape index (κ2) is 9.91. The first-order valence-electron chi connectivity index (χ1n) is 11.8. The van der Waals surface area contributed by atoms with Crippen LogP contribution >= 0.6 is 22.9 Å². The molecule has 3 aromatic heterocycles. The van der Waals surface area contributed by atoms with Crippen molar-refractivity contribution in [1.29, 1.82) is 0 Å². The number of nitrogen functional groups attached to an aromatic ring is 1. The van der Waals surface area contributed by atoms with E-state index in [0.29, 0.717) is 33.3 Å². The maximum Gasteiger partial charge on any atom is 0.267 e. The number of hydrogen-bond donors (Lipinski definition) is 2. The van der Waals surface area contributed by atoms with Crippen LogP contribution < -0.4 is 16.6 Å². The normalized spacial score (nSPS) is 12.3. The van der Waals surface area contributed by atoms with Crippen molar-refractivity contribution < 1.29 is 0 Å². The summed E-state index contributed by atoms with van der Waals surface area (Å²) in [5, 5.41) is 5.06. The van der Waals surface area contributed by atoms with Crippen molar-refractivity contribution in [2.45, 2.75) is 33.7 Å². The maximum atomic E-state index is 13.9. The predicted octanol–water partition coefficient (Wildman–Crippen LogP) is 5.96. The third-order valence-corrected chi connectivity index (χ3v) is 7.61. The highest BCUT2D eigenvalue weighted by Crippen LogP contribution is 2.35. The Hall–Kier alpha value is -3.82. The number of nitrogens with one attached hydrogen (secondary N) is 1. The fraction of sp³-hybridized carbons (Fsp3) is 0.222. The van der Waals surface area contributed by atoms with Crippen molar-refractivity contribution in [2.24, 2.45) is 5.92 Å². The van der Waals surface area contributed by atoms with Crippen LogP contribution in [0.15, 0.2) is 59.5 Å². The smallest absolute Gasteiger partial charge is 0.267 e. The number of hydrogen-bond acceptors (Lipinski definition) is 8. The van der Waals surface area contributed by atoms with E-state index in [2.05, 4.69) is 29.1 Å². The molecule has 188 valence electrons. The molecule has 0 saturated heterocycles. The van der Waals surface area contributed by atoms with E-state index in [0.717, 1.165) is 21.1 Å². The Morgan fingerprint density at radius 1 is 1.03 bits per heavy atom. The number of benzene rings is 2. The molecule has 1 unspecified atom stereocenters. The van der Waals surface area contributed by atoms with E-state index in [1.54, 1.807) is 40.3 Å². The monoisotopic (exact) mass is 531 g/mol. The van der Waals surface area contributed by atoms with E-state index in [-0.39, 0.29) is 17.4 Å². The van der Waals surface area contributed by atoms with Gasteiger partial charge in [0.05, 0.1) is 38.9 Å². The summed E-state index contributed by atoms with van der Waals surface area (Å²) in [6.07, 6.45) is 1.68. The molecular formula is C27H26ClN7OS. The van der Waals surface area contributed by atoms with Gasteiger partial charge in [-0.15, -0.1) is 11.3 Å². The van der Waals surface area contributed by atoms with E-state index in [1.807, 2.05) is 44.2 Å². The molecule has 0 aliphatic heterocycles. The first-order valence-corrected chi connectivity index (χ1v) is 13.0. The number of fused-ring (bicyclic) bond motifs is 1. The van der Waals surface area contributed by atoms with Crippen molar-refractivity contribution in [3.05, 3.63) is 86.5 Å². The summed E-state index contributed by atoms with van der Waals surface area (Å²) >= 11 is 8.03. The average Bonchev–Trinajstić information content (AvgIpc) is 3.20. The Morgan fingerprint density at radius 2 is 1.78 bits per heavy atom. The fourth-order valence-electron chi connectivity index (χ4n) is 4.17. The molecule has 10 heteroatoms. The van der Waals surface area contributed by atoms with Gasteiger partial charge in [0.25, 0.3) is 5.56 Å². The van der Waals surface area contributed by atoms with Crippen molar-refractivity contribution >= 4 is 45.6 Å². The number of halogens is 1. The van der Waals surface area contributed by atoms with Gasteiger partial charge < -0.3 is 11.1 Å². The van der Waals surface area contributed by atoms with E-state index in [4.69, 9.17) is 27.3 Å². The average molecular weight is 532 g/mol. The summed E-state index contributed by atoms with van der Waals surface area (Å²) in [5.41, 5.74) is 8.67. The Balaban J connectivity index is 1.73. The molecule has 3 N–H and O–H groups in total. The number of nitrogens with zero attached hydrogens (tertiary/aromatic N) is 5. The minimum absolute atomic E-state index is 0.0160. The van der Waals surface area contributed by atoms with Gasteiger partial charge in [0, 0.05) is 11.1 Å². The van der Waals surface area contributed by atoms with E-state index < -0.39 is 6.04 Å². The van der Waals surface area contributed by atoms with Crippen LogP contribution in [-0.4, -0.2) is 24.5 Å². The molecule has 0 aliphatic rings. The molecule has 0 fully saturated rings. The summed E-state index contributed by atoms with van der Waals surface area (Å²) in [5.74, 6) is 1.22. The van der Waals surface area contributed by atoms with Crippen LogP contribution in [0.3, 0.4) is 0 Å². The molecule has 0 bridgehead atoms. The Kier molecular flexibility index (Phi) is 6.66. The lowest BCUT2D eigenvalue weighted by Gasteiger charge is -2.26. The molecule has 0 radical (unpaired) electrons. The lowest BCUT2D eigenvalue weighted by molar-refractivity contribution is 0.509. The summed E-state index contributed by atoms with van der Waals surface area (Å²) in [6.45, 7) is 8.12. The van der Waals surface area contributed by atoms with Crippen molar-refractivity contribution in [2.75, 3.05) is 11.1 Å². The van der Waals surface area contributed by atoms with Gasteiger partial charge in [-0.05, 0) is 44.0 Å². The first-order chi connectivity index (χ1) is 17.7. The second-order valence-electron chi connectivity index (χ2n) is 9.10. The third kappa shape index (κ3) is 4.68. The molecule has 0 spiro atoms. The summed E-state index contributed by atoms with van der Waals surface area (Å²) in [6, 6.07) is 14.3. The Bertz CT molecular complexity index is 1640. The maximum absolute atomic E-state index is 13.9. The van der Waals surface area contributed by atoms with Crippen LogP contribution in [0.1, 0.15) is 36.3 Å². The van der Waals surface area contributed by atoms with Gasteiger partial charge in [0.15, 0.2) is 0 Å². The number of aryl methyl sites for hydroxylation is 2. The van der Waals surface area contributed by atoms with Gasteiger partial charge in [-0.1, -0.05) is 49.7 Å². The highest BCUT2D eigenvalue weighted by molar-refractivity contribution is 7.15. The Labute approximate surface area is 223 Å². The summed E-state index contributed by atoms with van der Waals surface area (Å²) in [4.78, 5) is 33.4. The highest BCUT2D eigenvalue weighted by Gasteiger charge is 2.27. The second-order valence-corrected chi connectivity index (χ2v) is 10.7. The molecule has 1 atom stereocenters. The fourth-order valence-corrected chi connectivity index (χ4v) is 5.34. The quantitative estimate of drug-likeness (QED) is 0.278. The summed E-state index contributed by atoms with van der Waals surface area (Å²) in [7, 11) is 0. The number of nitrogens with two attached hydrogens (primary N) is 1. The molecule has 37 heavy (non-hydrogen) atoms. The molecular weight excluding hydrogens is 506 g/mol. The van der Waals surface area contributed by atoms with Crippen LogP contribution in [0.25, 0.3) is 27.2 Å². The zero-order chi connectivity index (χ0) is 26.3. The first kappa shape index (κ1) is 24.9. The van der Waals surface area contributed by atoms with Crippen molar-refractivity contribution in [3.63, 3.8) is 0 Å². The molecule has 0 aliphatic carbocycles. The molecule has 5 rings (SSSR count). The topological polar surface area (TPSA) is 112 Å². The number of thiazole rings is 1. The minimum Gasteiger partial charge on any atom is -0.368 e. The van der Waals surface area contributed by atoms with Crippen molar-refractivity contribution in [3.8, 4) is 16.3 Å². The molecule has 8 nitrogen and oxygen atoms in total. The van der Waals surface area contributed by atoms with Crippen LogP contribution in [0.5, 0.6) is 0 Å². The third-order valence-electron chi connectivity index (χ3n) is 6.19. The molecule has 0 amide bonds. The van der Waals surface area contributed by atoms with Gasteiger partial charge in [-0.25, -0.2) is 15.0 Å². The molecule has 3 heterocycles. The van der Waals surface area contributed by atoms with E-state index in [1.165, 1.54) is 0 Å². The number of rotatable bonds is 6.